The lowest BCUT2D eigenvalue weighted by Gasteiger charge is -2.10. The number of rotatable bonds is 4. The van der Waals surface area contributed by atoms with E-state index in [2.05, 4.69) is 23.6 Å². The fraction of sp³-hybridized carbons (Fsp3) is 0.667. The summed E-state index contributed by atoms with van der Waals surface area (Å²) < 4.78 is 0. The van der Waals surface area contributed by atoms with E-state index in [4.69, 9.17) is 0 Å². The molecule has 0 saturated carbocycles. The Morgan fingerprint density at radius 1 is 1.32 bits per heavy atom. The van der Waals surface area contributed by atoms with E-state index in [1.165, 1.54) is 36.1 Å². The topological polar surface area (TPSA) is 41.1 Å². The van der Waals surface area contributed by atoms with Crippen LogP contribution in [0.3, 0.4) is 0 Å². The van der Waals surface area contributed by atoms with Gasteiger partial charge in [-0.25, -0.2) is 0 Å². The summed E-state index contributed by atoms with van der Waals surface area (Å²) in [5, 5.41) is 6.12. The quantitative estimate of drug-likeness (QED) is 0.890. The van der Waals surface area contributed by atoms with Gasteiger partial charge < -0.3 is 10.6 Å². The highest BCUT2D eigenvalue weighted by Gasteiger charge is 2.15. The molecule has 0 spiro atoms. The molecule has 3 nitrogen and oxygen atoms in total. The third-order valence-corrected chi connectivity index (χ3v) is 5.02. The molecule has 1 aliphatic carbocycles. The van der Waals surface area contributed by atoms with Crippen molar-refractivity contribution in [3.63, 3.8) is 0 Å². The second kappa shape index (κ2) is 7.06. The summed E-state index contributed by atoms with van der Waals surface area (Å²) in [7, 11) is 1.91. The van der Waals surface area contributed by atoms with E-state index >= 15 is 0 Å². The predicted octanol–water partition coefficient (Wildman–Crippen LogP) is 2.74. The third-order valence-electron chi connectivity index (χ3n) is 3.78. The lowest BCUT2D eigenvalue weighted by Crippen LogP contribution is -2.36. The summed E-state index contributed by atoms with van der Waals surface area (Å²) in [5.74, 6) is 0.0823. The first-order valence-corrected chi connectivity index (χ1v) is 8.09. The van der Waals surface area contributed by atoms with E-state index in [1.807, 2.05) is 7.05 Å². The minimum atomic E-state index is 0.0823. The number of likely N-dealkylation sites (N-methyl/N-ethyl adjacent to an activating group) is 1. The lowest BCUT2D eigenvalue weighted by atomic mass is 10.00. The highest BCUT2D eigenvalue weighted by Crippen LogP contribution is 2.28. The van der Waals surface area contributed by atoms with Crippen LogP contribution in [0.4, 0.5) is 0 Å². The Balaban J connectivity index is 2.00. The molecule has 1 amide bonds. The van der Waals surface area contributed by atoms with Gasteiger partial charge in [0.15, 0.2) is 0 Å². The first kappa shape index (κ1) is 14.5. The average molecular weight is 280 g/mol. The molecule has 1 aliphatic rings. The van der Waals surface area contributed by atoms with Gasteiger partial charge in [-0.3, -0.25) is 4.79 Å². The van der Waals surface area contributed by atoms with Gasteiger partial charge in [0.05, 0.1) is 4.88 Å². The maximum Gasteiger partial charge on any atom is 0.261 e. The Morgan fingerprint density at radius 3 is 2.79 bits per heavy atom. The maximum atomic E-state index is 12.1. The smallest absolute Gasteiger partial charge is 0.261 e. The number of carbonyl (C=O) groups is 1. The fourth-order valence-electron chi connectivity index (χ4n) is 2.39. The zero-order valence-electron chi connectivity index (χ0n) is 11.9. The van der Waals surface area contributed by atoms with E-state index in [-0.39, 0.29) is 5.91 Å². The van der Waals surface area contributed by atoms with Crippen molar-refractivity contribution in [3.8, 4) is 0 Å². The zero-order valence-corrected chi connectivity index (χ0v) is 12.7. The number of fused-ring (bicyclic) bond motifs is 1. The molecule has 1 aromatic heterocycles. The van der Waals surface area contributed by atoms with Crippen molar-refractivity contribution in [1.82, 2.24) is 10.6 Å². The molecule has 4 heteroatoms. The molecule has 0 aromatic carbocycles. The molecule has 106 valence electrons. The number of hydrogen-bond donors (Lipinski definition) is 2. The van der Waals surface area contributed by atoms with Crippen LogP contribution < -0.4 is 10.6 Å². The molecular weight excluding hydrogens is 256 g/mol. The third kappa shape index (κ3) is 4.05. The van der Waals surface area contributed by atoms with Crippen LogP contribution in [0.15, 0.2) is 6.07 Å². The molecular formula is C15H24N2OS. The molecule has 0 fully saturated rings. The van der Waals surface area contributed by atoms with Gasteiger partial charge in [0.1, 0.15) is 0 Å². The van der Waals surface area contributed by atoms with Gasteiger partial charge in [0.25, 0.3) is 5.91 Å². The highest BCUT2D eigenvalue weighted by atomic mass is 32.1. The Labute approximate surface area is 119 Å². The first-order valence-electron chi connectivity index (χ1n) is 7.27. The second-order valence-electron chi connectivity index (χ2n) is 5.37. The molecule has 0 bridgehead atoms. The van der Waals surface area contributed by atoms with Gasteiger partial charge in [0.2, 0.25) is 0 Å². The van der Waals surface area contributed by atoms with Gasteiger partial charge in [-0.2, -0.15) is 0 Å². The van der Waals surface area contributed by atoms with Crippen LogP contribution in [-0.4, -0.2) is 25.5 Å². The molecule has 1 aromatic rings. The molecule has 0 aliphatic heterocycles. The number of nitrogens with one attached hydrogen (secondary N) is 2. The number of amides is 1. The SMILES string of the molecule is CNC(C)CNC(=O)c1cc2c(s1)CCCCCC2. The Kier molecular flexibility index (Phi) is 5.40. The molecule has 2 N–H and O–H groups in total. The summed E-state index contributed by atoms with van der Waals surface area (Å²) in [5.41, 5.74) is 1.41. The number of hydrogen-bond acceptors (Lipinski definition) is 3. The summed E-state index contributed by atoms with van der Waals surface area (Å²) >= 11 is 1.69. The van der Waals surface area contributed by atoms with Crippen molar-refractivity contribution in [1.29, 1.82) is 0 Å². The summed E-state index contributed by atoms with van der Waals surface area (Å²) in [6.07, 6.45) is 7.49. The van der Waals surface area contributed by atoms with Crippen molar-refractivity contribution in [2.75, 3.05) is 13.6 Å². The van der Waals surface area contributed by atoms with Crippen LogP contribution in [-0.2, 0) is 12.8 Å². The van der Waals surface area contributed by atoms with E-state index in [9.17, 15) is 4.79 Å². The largest absolute Gasteiger partial charge is 0.350 e. The van der Waals surface area contributed by atoms with Crippen LogP contribution in [0.2, 0.25) is 0 Å². The second-order valence-corrected chi connectivity index (χ2v) is 6.51. The van der Waals surface area contributed by atoms with E-state index in [1.54, 1.807) is 11.3 Å². The minimum absolute atomic E-state index is 0.0823. The Hall–Kier alpha value is -0.870. The van der Waals surface area contributed by atoms with Crippen LogP contribution in [0.1, 0.15) is 52.7 Å². The predicted molar refractivity (Wildman–Crippen MR) is 81.0 cm³/mol. The van der Waals surface area contributed by atoms with Crippen molar-refractivity contribution >= 4 is 17.2 Å². The zero-order chi connectivity index (χ0) is 13.7. The van der Waals surface area contributed by atoms with Crippen LogP contribution in [0.25, 0.3) is 0 Å². The maximum absolute atomic E-state index is 12.1. The highest BCUT2D eigenvalue weighted by molar-refractivity contribution is 7.14. The van der Waals surface area contributed by atoms with Gasteiger partial charge in [-0.1, -0.05) is 12.8 Å². The minimum Gasteiger partial charge on any atom is -0.350 e. The fourth-order valence-corrected chi connectivity index (χ4v) is 3.56. The normalized spacial score (nSPS) is 17.2. The molecule has 1 heterocycles. The van der Waals surface area contributed by atoms with Crippen molar-refractivity contribution in [3.05, 3.63) is 21.4 Å². The number of thiophene rings is 1. The van der Waals surface area contributed by atoms with Crippen molar-refractivity contribution in [2.45, 2.75) is 51.5 Å². The van der Waals surface area contributed by atoms with Gasteiger partial charge in [0, 0.05) is 17.5 Å². The molecule has 0 radical (unpaired) electrons. The Morgan fingerprint density at radius 2 is 2.05 bits per heavy atom. The molecule has 1 atom stereocenters. The van der Waals surface area contributed by atoms with Gasteiger partial charge >= 0.3 is 0 Å². The van der Waals surface area contributed by atoms with Gasteiger partial charge in [-0.15, -0.1) is 11.3 Å². The number of aryl methyl sites for hydroxylation is 2. The van der Waals surface area contributed by atoms with Crippen molar-refractivity contribution in [2.24, 2.45) is 0 Å². The van der Waals surface area contributed by atoms with Crippen molar-refractivity contribution < 1.29 is 4.79 Å². The van der Waals surface area contributed by atoms with E-state index < -0.39 is 0 Å². The Bertz CT molecular complexity index is 402. The van der Waals surface area contributed by atoms with E-state index in [0.717, 1.165) is 17.7 Å². The monoisotopic (exact) mass is 280 g/mol. The standard InChI is InChI=1S/C15H24N2OS/c1-11(16-2)10-17-15(18)14-9-12-7-5-3-4-6-8-13(12)19-14/h9,11,16H,3-8,10H2,1-2H3,(H,17,18). The van der Waals surface area contributed by atoms with Gasteiger partial charge in [-0.05, 0) is 51.3 Å². The van der Waals surface area contributed by atoms with Crippen LogP contribution in [0.5, 0.6) is 0 Å². The molecule has 0 saturated heterocycles. The molecule has 2 rings (SSSR count). The number of carbonyl (C=O) groups excluding carboxylic acids is 1. The summed E-state index contributed by atoms with van der Waals surface area (Å²) in [6.45, 7) is 2.74. The average Bonchev–Trinajstić information content (AvgIpc) is 2.78. The molecule has 19 heavy (non-hydrogen) atoms. The lowest BCUT2D eigenvalue weighted by molar-refractivity contribution is 0.0954. The first-order chi connectivity index (χ1) is 9.20. The van der Waals surface area contributed by atoms with E-state index in [0.29, 0.717) is 12.6 Å². The summed E-state index contributed by atoms with van der Waals surface area (Å²) in [4.78, 5) is 14.4. The van der Waals surface area contributed by atoms with Crippen LogP contribution >= 0.6 is 11.3 Å². The molecule has 1 unspecified atom stereocenters. The van der Waals surface area contributed by atoms with Crippen LogP contribution in [0, 0.1) is 0 Å². The summed E-state index contributed by atoms with van der Waals surface area (Å²) in [6, 6.07) is 2.43.